The zero-order valence-corrected chi connectivity index (χ0v) is 25.2. The monoisotopic (exact) mass is 594 g/mol. The van der Waals surface area contributed by atoms with Crippen molar-refractivity contribution in [2.75, 3.05) is 75.1 Å². The minimum absolute atomic E-state index is 0.0758. The molecule has 2 N–H and O–H groups in total. The maximum absolute atomic E-state index is 12.9. The number of pyridine rings is 2. The molecule has 0 radical (unpaired) electrons. The molecule has 0 atom stereocenters. The first-order chi connectivity index (χ1) is 21.4. The van der Waals surface area contributed by atoms with E-state index in [4.69, 9.17) is 9.73 Å². The average molecular weight is 595 g/mol. The van der Waals surface area contributed by atoms with Gasteiger partial charge in [0.05, 0.1) is 37.1 Å². The Bertz CT molecular complexity index is 1560. The molecule has 0 bridgehead atoms. The first kappa shape index (κ1) is 29.5. The molecular weight excluding hydrogens is 556 g/mol. The minimum atomic E-state index is -0.132. The predicted molar refractivity (Wildman–Crippen MR) is 172 cm³/mol. The number of fused-ring (bicyclic) bond motifs is 1. The van der Waals surface area contributed by atoms with E-state index < -0.39 is 0 Å². The fraction of sp³-hybridized carbons (Fsp3) is 0.364. The number of nitrogens with one attached hydrogen (secondary N) is 2. The maximum atomic E-state index is 12.9. The summed E-state index contributed by atoms with van der Waals surface area (Å²) < 4.78 is 5.50. The molecule has 6 rings (SSSR count). The SMILES string of the molecule is CN(C)C/C=C/C(=O)NC1CN(c2ccnc(CC(=O)Nc3ccc(C4=Nc5c(ccnc5N5CCOCC5)C4)cc3)c2)C1. The molecule has 2 aromatic heterocycles. The maximum Gasteiger partial charge on any atom is 0.244 e. The Hall–Kier alpha value is -4.61. The minimum Gasteiger partial charge on any atom is -0.378 e. The highest BCUT2D eigenvalue weighted by molar-refractivity contribution is 6.08. The Morgan fingerprint density at radius 2 is 1.80 bits per heavy atom. The number of aromatic nitrogens is 2. The standard InChI is InChI=1S/C33H38N8O3/c1-39(2)13-3-4-30(42)37-27-21-41(22-27)28-10-12-34-26(19-28)20-31(43)36-25-7-5-23(6-8-25)29-18-24-9-11-35-33(32(24)38-29)40-14-16-44-17-15-40/h3-12,19,27H,13-18,20-22H2,1-2H3,(H,36,43)(H,37,42)/b4-3+. The third-order valence-electron chi connectivity index (χ3n) is 7.88. The van der Waals surface area contributed by atoms with E-state index in [2.05, 4.69) is 30.4 Å². The zero-order valence-electron chi connectivity index (χ0n) is 25.2. The molecule has 2 fully saturated rings. The lowest BCUT2D eigenvalue weighted by molar-refractivity contribution is -0.117. The topological polar surface area (TPSA) is 115 Å². The van der Waals surface area contributed by atoms with Crippen LogP contribution in [0.3, 0.4) is 0 Å². The smallest absolute Gasteiger partial charge is 0.244 e. The van der Waals surface area contributed by atoms with Crippen LogP contribution in [-0.2, 0) is 27.2 Å². The van der Waals surface area contributed by atoms with E-state index in [1.165, 1.54) is 5.56 Å². The summed E-state index contributed by atoms with van der Waals surface area (Å²) in [4.78, 5) is 45.3. The largest absolute Gasteiger partial charge is 0.378 e. The van der Waals surface area contributed by atoms with E-state index in [9.17, 15) is 9.59 Å². The van der Waals surface area contributed by atoms with Crippen molar-refractivity contribution in [3.8, 4) is 0 Å². The molecule has 0 saturated carbocycles. The lowest BCUT2D eigenvalue weighted by Crippen LogP contribution is -2.59. The number of aliphatic imine (C=N–C) groups is 1. The molecule has 11 heteroatoms. The first-order valence-corrected chi connectivity index (χ1v) is 15.0. The molecule has 11 nitrogen and oxygen atoms in total. The second-order valence-corrected chi connectivity index (χ2v) is 11.6. The Morgan fingerprint density at radius 1 is 1.02 bits per heavy atom. The number of likely N-dealkylation sites (N-methyl/N-ethyl adjacent to an activating group) is 1. The molecule has 3 aliphatic heterocycles. The van der Waals surface area contributed by atoms with E-state index in [1.807, 2.05) is 73.7 Å². The van der Waals surface area contributed by atoms with E-state index in [0.717, 1.165) is 73.3 Å². The van der Waals surface area contributed by atoms with Crippen LogP contribution in [0.4, 0.5) is 22.9 Å². The Morgan fingerprint density at radius 3 is 2.57 bits per heavy atom. The third-order valence-corrected chi connectivity index (χ3v) is 7.88. The molecule has 44 heavy (non-hydrogen) atoms. The van der Waals surface area contributed by atoms with Crippen LogP contribution in [0.2, 0.25) is 0 Å². The molecule has 3 aromatic rings. The Labute approximate surface area is 257 Å². The van der Waals surface area contributed by atoms with Crippen molar-refractivity contribution < 1.29 is 14.3 Å². The number of morpholine rings is 1. The number of carbonyl (C=O) groups excluding carboxylic acids is 2. The van der Waals surface area contributed by atoms with E-state index in [1.54, 1.807) is 12.3 Å². The highest BCUT2D eigenvalue weighted by atomic mass is 16.5. The van der Waals surface area contributed by atoms with Crippen LogP contribution in [0.5, 0.6) is 0 Å². The van der Waals surface area contributed by atoms with Gasteiger partial charge < -0.3 is 30.1 Å². The number of carbonyl (C=O) groups is 2. The summed E-state index contributed by atoms with van der Waals surface area (Å²) in [5, 5.41) is 6.01. The molecule has 0 unspecified atom stereocenters. The number of hydrogen-bond donors (Lipinski definition) is 2. The lowest BCUT2D eigenvalue weighted by Gasteiger charge is -2.41. The van der Waals surface area contributed by atoms with Gasteiger partial charge in [0.2, 0.25) is 11.8 Å². The van der Waals surface area contributed by atoms with E-state index >= 15 is 0 Å². The van der Waals surface area contributed by atoms with Gasteiger partial charge in [0.1, 0.15) is 5.69 Å². The molecule has 0 spiro atoms. The van der Waals surface area contributed by atoms with Crippen molar-refractivity contribution in [3.63, 3.8) is 0 Å². The second kappa shape index (κ2) is 13.4. The first-order valence-electron chi connectivity index (χ1n) is 15.0. The van der Waals surface area contributed by atoms with Crippen molar-refractivity contribution in [2.24, 2.45) is 4.99 Å². The molecule has 228 valence electrons. The third kappa shape index (κ3) is 7.12. The van der Waals surface area contributed by atoms with Crippen LogP contribution >= 0.6 is 0 Å². The fourth-order valence-electron chi connectivity index (χ4n) is 5.55. The Balaban J connectivity index is 1.00. The predicted octanol–water partition coefficient (Wildman–Crippen LogP) is 2.59. The summed E-state index contributed by atoms with van der Waals surface area (Å²) in [6.45, 7) is 5.20. The number of hydrogen-bond acceptors (Lipinski definition) is 9. The summed E-state index contributed by atoms with van der Waals surface area (Å²) in [5.74, 6) is 0.715. The van der Waals surface area contributed by atoms with Crippen molar-refractivity contribution in [1.82, 2.24) is 20.2 Å². The highest BCUT2D eigenvalue weighted by Crippen LogP contribution is 2.36. The molecule has 3 aliphatic rings. The molecule has 1 aromatic carbocycles. The summed E-state index contributed by atoms with van der Waals surface area (Å²) in [6.07, 6.45) is 7.94. The summed E-state index contributed by atoms with van der Waals surface area (Å²) in [6, 6.07) is 13.8. The Kier molecular flexibility index (Phi) is 8.94. The van der Waals surface area contributed by atoms with Crippen molar-refractivity contribution >= 4 is 40.4 Å². The van der Waals surface area contributed by atoms with Gasteiger partial charge in [-0.1, -0.05) is 18.2 Å². The van der Waals surface area contributed by atoms with Gasteiger partial charge in [-0.2, -0.15) is 0 Å². The molecule has 2 saturated heterocycles. The normalized spacial score (nSPS) is 16.6. The van der Waals surface area contributed by atoms with Gasteiger partial charge >= 0.3 is 0 Å². The van der Waals surface area contributed by atoms with Crippen LogP contribution in [0.1, 0.15) is 16.8 Å². The van der Waals surface area contributed by atoms with Gasteiger partial charge in [0, 0.05) is 69.0 Å². The van der Waals surface area contributed by atoms with Crippen LogP contribution in [0, 0.1) is 0 Å². The van der Waals surface area contributed by atoms with Crippen LogP contribution < -0.4 is 20.4 Å². The molecule has 0 aliphatic carbocycles. The van der Waals surface area contributed by atoms with Gasteiger partial charge in [0.15, 0.2) is 5.82 Å². The summed E-state index contributed by atoms with van der Waals surface area (Å²) in [7, 11) is 3.92. The van der Waals surface area contributed by atoms with Gasteiger partial charge in [-0.25, -0.2) is 9.98 Å². The molecule has 5 heterocycles. The van der Waals surface area contributed by atoms with Gasteiger partial charge in [-0.3, -0.25) is 14.6 Å². The number of ether oxygens (including phenoxy) is 1. The summed E-state index contributed by atoms with van der Waals surface area (Å²) >= 11 is 0. The number of rotatable bonds is 10. The van der Waals surface area contributed by atoms with E-state index in [0.29, 0.717) is 18.9 Å². The summed E-state index contributed by atoms with van der Waals surface area (Å²) in [5.41, 5.74) is 6.55. The molecule has 2 amide bonds. The van der Waals surface area contributed by atoms with Crippen LogP contribution in [0.25, 0.3) is 0 Å². The van der Waals surface area contributed by atoms with Crippen LogP contribution in [-0.4, -0.2) is 98.5 Å². The molecular formula is C33H38N8O3. The van der Waals surface area contributed by atoms with Crippen molar-refractivity contribution in [1.29, 1.82) is 0 Å². The number of amides is 2. The average Bonchev–Trinajstić information content (AvgIpc) is 3.44. The van der Waals surface area contributed by atoms with E-state index in [-0.39, 0.29) is 24.3 Å². The highest BCUT2D eigenvalue weighted by Gasteiger charge is 2.28. The van der Waals surface area contributed by atoms with Crippen molar-refractivity contribution in [2.45, 2.75) is 18.9 Å². The number of benzene rings is 1. The second-order valence-electron chi connectivity index (χ2n) is 11.6. The van der Waals surface area contributed by atoms with Crippen molar-refractivity contribution in [3.05, 3.63) is 83.8 Å². The number of anilines is 3. The quantitative estimate of drug-likeness (QED) is 0.345. The van der Waals surface area contributed by atoms with Gasteiger partial charge in [0.25, 0.3) is 0 Å². The lowest BCUT2D eigenvalue weighted by atomic mass is 10.0. The van der Waals surface area contributed by atoms with Gasteiger partial charge in [-0.15, -0.1) is 0 Å². The zero-order chi connectivity index (χ0) is 30.5. The number of nitrogens with zero attached hydrogens (tertiary/aromatic N) is 6. The van der Waals surface area contributed by atoms with Crippen LogP contribution in [0.15, 0.2) is 72.0 Å². The van der Waals surface area contributed by atoms with Gasteiger partial charge in [-0.05, 0) is 55.6 Å². The fourth-order valence-corrected chi connectivity index (χ4v) is 5.55.